The molecule has 0 aliphatic carbocycles. The zero-order valence-electron chi connectivity index (χ0n) is 19.9. The van der Waals surface area contributed by atoms with Gasteiger partial charge in [-0.2, -0.15) is 0 Å². The van der Waals surface area contributed by atoms with E-state index in [0.717, 1.165) is 41.8 Å². The molecule has 178 valence electrons. The number of hydrogen-bond donors (Lipinski definition) is 0. The van der Waals surface area contributed by atoms with Gasteiger partial charge >= 0.3 is 0 Å². The number of likely N-dealkylation sites (tertiary alicyclic amines) is 1. The molecule has 6 nitrogen and oxygen atoms in total. The van der Waals surface area contributed by atoms with Crippen molar-refractivity contribution in [3.05, 3.63) is 71.6 Å². The Kier molecular flexibility index (Phi) is 7.40. The van der Waals surface area contributed by atoms with Crippen LogP contribution < -0.4 is 9.47 Å². The number of rotatable bonds is 7. The number of nitrogens with zero attached hydrogens (tertiary/aromatic N) is 3. The Labute approximate surface area is 199 Å². The monoisotopic (exact) mass is 463 g/mol. The normalized spacial score (nSPS) is 15.8. The first-order valence-electron chi connectivity index (χ1n) is 11.6. The molecule has 0 radical (unpaired) electrons. The summed E-state index contributed by atoms with van der Waals surface area (Å²) < 4.78 is 24.1. The minimum absolute atomic E-state index is 0.112. The van der Waals surface area contributed by atoms with Crippen LogP contribution in [0.2, 0.25) is 0 Å². The van der Waals surface area contributed by atoms with E-state index in [1.165, 1.54) is 12.1 Å². The number of ether oxygens (including phenoxy) is 2. The van der Waals surface area contributed by atoms with E-state index in [1.54, 1.807) is 26.4 Å². The SMILES string of the molecule is COc1ccc(CCC(=O)N2CCC[C@H](c3nc(C)ncc3-c3ccc(F)cc3)C2)cc1OC. The van der Waals surface area contributed by atoms with Gasteiger partial charge in [-0.05, 0) is 61.6 Å². The number of methoxy groups -OCH3 is 2. The van der Waals surface area contributed by atoms with Crippen molar-refractivity contribution >= 4 is 5.91 Å². The number of amides is 1. The average molecular weight is 464 g/mol. The first-order valence-corrected chi connectivity index (χ1v) is 11.6. The lowest BCUT2D eigenvalue weighted by Crippen LogP contribution is -2.39. The summed E-state index contributed by atoms with van der Waals surface area (Å²) in [5.74, 6) is 2.00. The molecule has 1 atom stereocenters. The first-order chi connectivity index (χ1) is 16.5. The second-order valence-corrected chi connectivity index (χ2v) is 8.59. The molecule has 1 saturated heterocycles. The zero-order valence-corrected chi connectivity index (χ0v) is 19.9. The smallest absolute Gasteiger partial charge is 0.222 e. The van der Waals surface area contributed by atoms with Crippen LogP contribution >= 0.6 is 0 Å². The molecule has 0 N–H and O–H groups in total. The Morgan fingerprint density at radius 1 is 1.12 bits per heavy atom. The van der Waals surface area contributed by atoms with E-state index in [-0.39, 0.29) is 17.6 Å². The minimum Gasteiger partial charge on any atom is -0.493 e. The van der Waals surface area contributed by atoms with Crippen LogP contribution in [0.3, 0.4) is 0 Å². The predicted molar refractivity (Wildman–Crippen MR) is 129 cm³/mol. The Morgan fingerprint density at radius 2 is 1.88 bits per heavy atom. The maximum Gasteiger partial charge on any atom is 0.222 e. The van der Waals surface area contributed by atoms with E-state index < -0.39 is 0 Å². The molecular weight excluding hydrogens is 433 g/mol. The summed E-state index contributed by atoms with van der Waals surface area (Å²) in [7, 11) is 3.21. The second kappa shape index (κ2) is 10.6. The summed E-state index contributed by atoms with van der Waals surface area (Å²) in [5.41, 5.74) is 3.74. The van der Waals surface area contributed by atoms with E-state index in [1.807, 2.05) is 36.2 Å². The largest absolute Gasteiger partial charge is 0.493 e. The molecule has 0 saturated carbocycles. The summed E-state index contributed by atoms with van der Waals surface area (Å²) in [6.45, 7) is 3.24. The van der Waals surface area contributed by atoms with E-state index >= 15 is 0 Å². The highest BCUT2D eigenvalue weighted by molar-refractivity contribution is 5.77. The molecule has 1 fully saturated rings. The standard InChI is InChI=1S/C27H30FN3O3/c1-18-29-16-23(20-8-10-22(28)11-9-20)27(30-18)21-5-4-14-31(17-21)26(32)13-7-19-6-12-24(33-2)25(15-19)34-3/h6,8-12,15-16,21H,4-5,7,13-14,17H2,1-3H3/t21-/m0/s1. The number of hydrogen-bond acceptors (Lipinski definition) is 5. The fraction of sp³-hybridized carbons (Fsp3) is 0.370. The maximum atomic E-state index is 13.4. The van der Waals surface area contributed by atoms with Crippen LogP contribution in [-0.4, -0.2) is 48.1 Å². The highest BCUT2D eigenvalue weighted by Gasteiger charge is 2.28. The third-order valence-electron chi connectivity index (χ3n) is 6.33. The van der Waals surface area contributed by atoms with Crippen LogP contribution in [0.25, 0.3) is 11.1 Å². The van der Waals surface area contributed by atoms with Gasteiger partial charge in [-0.3, -0.25) is 4.79 Å². The molecule has 1 amide bonds. The van der Waals surface area contributed by atoms with Crippen molar-refractivity contribution in [2.75, 3.05) is 27.3 Å². The topological polar surface area (TPSA) is 64.5 Å². The van der Waals surface area contributed by atoms with E-state index in [9.17, 15) is 9.18 Å². The van der Waals surface area contributed by atoms with Gasteiger partial charge in [0, 0.05) is 37.2 Å². The minimum atomic E-state index is -0.276. The van der Waals surface area contributed by atoms with Gasteiger partial charge in [-0.25, -0.2) is 14.4 Å². The van der Waals surface area contributed by atoms with Crippen molar-refractivity contribution in [3.8, 4) is 22.6 Å². The fourth-order valence-electron chi connectivity index (χ4n) is 4.52. The van der Waals surface area contributed by atoms with E-state index in [4.69, 9.17) is 14.5 Å². The Balaban J connectivity index is 1.47. The van der Waals surface area contributed by atoms with Gasteiger partial charge in [0.05, 0.1) is 19.9 Å². The number of carbonyl (C=O) groups excluding carboxylic acids is 1. The molecule has 1 aromatic heterocycles. The number of benzene rings is 2. The van der Waals surface area contributed by atoms with Crippen molar-refractivity contribution in [2.24, 2.45) is 0 Å². The van der Waals surface area contributed by atoms with Gasteiger partial charge in [0.15, 0.2) is 11.5 Å². The van der Waals surface area contributed by atoms with Crippen LogP contribution in [0.4, 0.5) is 4.39 Å². The van der Waals surface area contributed by atoms with E-state index in [0.29, 0.717) is 36.7 Å². The lowest BCUT2D eigenvalue weighted by molar-refractivity contribution is -0.132. The zero-order chi connectivity index (χ0) is 24.1. The molecule has 2 aromatic carbocycles. The number of halogens is 1. The molecule has 1 aliphatic heterocycles. The van der Waals surface area contributed by atoms with Crippen molar-refractivity contribution < 1.29 is 18.7 Å². The van der Waals surface area contributed by atoms with Gasteiger partial charge in [0.2, 0.25) is 5.91 Å². The van der Waals surface area contributed by atoms with Crippen LogP contribution in [0.15, 0.2) is 48.7 Å². The number of aromatic nitrogens is 2. The lowest BCUT2D eigenvalue weighted by Gasteiger charge is -2.33. The summed E-state index contributed by atoms with van der Waals surface area (Å²) in [6.07, 6.45) is 4.73. The highest BCUT2D eigenvalue weighted by atomic mass is 19.1. The number of aryl methyl sites for hydroxylation is 2. The molecular formula is C27H30FN3O3. The Bertz CT molecular complexity index is 1150. The molecule has 4 rings (SSSR count). The van der Waals surface area contributed by atoms with Crippen molar-refractivity contribution in [1.82, 2.24) is 14.9 Å². The van der Waals surface area contributed by atoms with Gasteiger partial charge < -0.3 is 14.4 Å². The first kappa shape index (κ1) is 23.7. The van der Waals surface area contributed by atoms with Gasteiger partial charge in [0.25, 0.3) is 0 Å². The Morgan fingerprint density at radius 3 is 2.62 bits per heavy atom. The highest BCUT2D eigenvalue weighted by Crippen LogP contribution is 2.33. The quantitative estimate of drug-likeness (QED) is 0.496. The van der Waals surface area contributed by atoms with Crippen molar-refractivity contribution in [3.63, 3.8) is 0 Å². The molecule has 0 bridgehead atoms. The molecule has 3 aromatic rings. The third kappa shape index (κ3) is 5.35. The van der Waals surface area contributed by atoms with Crippen LogP contribution in [0, 0.1) is 12.7 Å². The predicted octanol–water partition coefficient (Wildman–Crippen LogP) is 4.95. The van der Waals surface area contributed by atoms with Crippen LogP contribution in [0.5, 0.6) is 11.5 Å². The van der Waals surface area contributed by atoms with Gasteiger partial charge in [-0.1, -0.05) is 18.2 Å². The van der Waals surface area contributed by atoms with E-state index in [2.05, 4.69) is 4.98 Å². The lowest BCUT2D eigenvalue weighted by atomic mass is 9.89. The second-order valence-electron chi connectivity index (χ2n) is 8.59. The van der Waals surface area contributed by atoms with Crippen molar-refractivity contribution in [2.45, 2.75) is 38.5 Å². The summed E-state index contributed by atoms with van der Waals surface area (Å²) >= 11 is 0. The molecule has 7 heteroatoms. The Hall–Kier alpha value is -3.48. The molecule has 1 aliphatic rings. The van der Waals surface area contributed by atoms with Crippen molar-refractivity contribution in [1.29, 1.82) is 0 Å². The third-order valence-corrected chi connectivity index (χ3v) is 6.33. The number of piperidine rings is 1. The number of carbonyl (C=O) groups is 1. The molecule has 0 spiro atoms. The molecule has 34 heavy (non-hydrogen) atoms. The maximum absolute atomic E-state index is 13.4. The van der Waals surface area contributed by atoms with Gasteiger partial charge in [-0.15, -0.1) is 0 Å². The summed E-state index contributed by atoms with van der Waals surface area (Å²) in [6, 6.07) is 12.1. The molecule has 0 unspecified atom stereocenters. The average Bonchev–Trinajstić information content (AvgIpc) is 2.87. The fourth-order valence-corrected chi connectivity index (χ4v) is 4.52. The summed E-state index contributed by atoms with van der Waals surface area (Å²) in [4.78, 5) is 24.1. The summed E-state index contributed by atoms with van der Waals surface area (Å²) in [5, 5.41) is 0. The van der Waals surface area contributed by atoms with Crippen LogP contribution in [0.1, 0.15) is 42.3 Å². The van der Waals surface area contributed by atoms with Gasteiger partial charge in [0.1, 0.15) is 11.6 Å². The molecule has 2 heterocycles. The van der Waals surface area contributed by atoms with Crippen LogP contribution in [-0.2, 0) is 11.2 Å².